The minimum atomic E-state index is -0.786. The van der Waals surface area contributed by atoms with Gasteiger partial charge >= 0.3 is 5.97 Å². The minimum Gasteiger partial charge on any atom is -0.465 e. The van der Waals surface area contributed by atoms with Crippen LogP contribution in [0.5, 0.6) is 0 Å². The number of esters is 1. The summed E-state index contributed by atoms with van der Waals surface area (Å²) in [7, 11) is 1.27. The minimum absolute atomic E-state index is 0.0742. The van der Waals surface area contributed by atoms with Gasteiger partial charge < -0.3 is 24.6 Å². The zero-order valence-corrected chi connectivity index (χ0v) is 19.1. The lowest BCUT2D eigenvalue weighted by atomic mass is 10.0. The molecule has 2 aliphatic rings. The third-order valence-electron chi connectivity index (χ3n) is 6.17. The normalized spacial score (nSPS) is 20.9. The average molecular weight is 466 g/mol. The highest BCUT2D eigenvalue weighted by atomic mass is 16.5. The maximum Gasteiger partial charge on any atom is 0.337 e. The van der Waals surface area contributed by atoms with Gasteiger partial charge in [-0.3, -0.25) is 14.4 Å². The summed E-state index contributed by atoms with van der Waals surface area (Å²) in [6.45, 7) is 2.69. The number of rotatable bonds is 6. The Balaban J connectivity index is 1.40. The number of hydrogen-bond acceptors (Lipinski definition) is 6. The van der Waals surface area contributed by atoms with Crippen molar-refractivity contribution in [1.82, 2.24) is 15.1 Å². The molecule has 3 amide bonds. The number of benzene rings is 2. The second-order valence-corrected chi connectivity index (χ2v) is 8.36. The topological polar surface area (TPSA) is 105 Å². The molecule has 34 heavy (non-hydrogen) atoms. The Morgan fingerprint density at radius 1 is 1.06 bits per heavy atom. The van der Waals surface area contributed by atoms with E-state index < -0.39 is 24.2 Å². The fourth-order valence-corrected chi connectivity index (χ4v) is 4.24. The molecule has 0 aromatic heterocycles. The molecule has 2 aromatic carbocycles. The van der Waals surface area contributed by atoms with Gasteiger partial charge in [0.1, 0.15) is 12.1 Å². The molecule has 4 rings (SSSR count). The van der Waals surface area contributed by atoms with E-state index in [9.17, 15) is 19.2 Å². The zero-order chi connectivity index (χ0) is 24.2. The van der Waals surface area contributed by atoms with E-state index >= 15 is 0 Å². The van der Waals surface area contributed by atoms with Gasteiger partial charge in [0, 0.05) is 18.7 Å². The monoisotopic (exact) mass is 465 g/mol. The summed E-state index contributed by atoms with van der Waals surface area (Å²) >= 11 is 0. The lowest BCUT2D eigenvalue weighted by Gasteiger charge is -2.46. The quantitative estimate of drug-likeness (QED) is 0.644. The molecule has 1 N–H and O–H groups in total. The van der Waals surface area contributed by atoms with Crippen molar-refractivity contribution in [2.45, 2.75) is 31.7 Å². The van der Waals surface area contributed by atoms with Crippen molar-refractivity contribution in [3.05, 3.63) is 71.3 Å². The van der Waals surface area contributed by atoms with Gasteiger partial charge in [0.05, 0.1) is 31.9 Å². The molecule has 2 fully saturated rings. The van der Waals surface area contributed by atoms with Crippen LogP contribution in [0, 0.1) is 0 Å². The molecule has 2 aromatic rings. The van der Waals surface area contributed by atoms with Gasteiger partial charge in [0.25, 0.3) is 5.91 Å². The Bertz CT molecular complexity index is 1090. The van der Waals surface area contributed by atoms with Gasteiger partial charge in [-0.2, -0.15) is 0 Å². The predicted molar refractivity (Wildman–Crippen MR) is 122 cm³/mol. The number of amides is 3. The van der Waals surface area contributed by atoms with E-state index in [1.807, 2.05) is 30.3 Å². The highest BCUT2D eigenvalue weighted by Crippen LogP contribution is 2.21. The van der Waals surface area contributed by atoms with Crippen molar-refractivity contribution in [3.63, 3.8) is 0 Å². The van der Waals surface area contributed by atoms with Crippen LogP contribution in [0.4, 0.5) is 0 Å². The maximum absolute atomic E-state index is 13.1. The summed E-state index contributed by atoms with van der Waals surface area (Å²) in [5.41, 5.74) is 1.56. The Labute approximate surface area is 197 Å². The van der Waals surface area contributed by atoms with Crippen molar-refractivity contribution >= 4 is 23.7 Å². The Morgan fingerprint density at radius 2 is 1.79 bits per heavy atom. The molecule has 0 spiro atoms. The van der Waals surface area contributed by atoms with Crippen LogP contribution in [0.15, 0.2) is 54.6 Å². The highest BCUT2D eigenvalue weighted by Gasteiger charge is 2.46. The summed E-state index contributed by atoms with van der Waals surface area (Å²) in [6, 6.07) is 14.3. The molecule has 2 heterocycles. The van der Waals surface area contributed by atoms with Gasteiger partial charge in [-0.15, -0.1) is 0 Å². The van der Waals surface area contributed by atoms with Crippen LogP contribution in [0.1, 0.15) is 33.2 Å². The van der Waals surface area contributed by atoms with Gasteiger partial charge in [0.2, 0.25) is 11.8 Å². The van der Waals surface area contributed by atoms with Crippen LogP contribution in [0.3, 0.4) is 0 Å². The van der Waals surface area contributed by atoms with E-state index in [-0.39, 0.29) is 42.9 Å². The molecule has 0 saturated carbocycles. The number of piperazine rings is 2. The summed E-state index contributed by atoms with van der Waals surface area (Å²) < 4.78 is 10.6. The second kappa shape index (κ2) is 10.0. The van der Waals surface area contributed by atoms with Crippen molar-refractivity contribution in [1.29, 1.82) is 0 Å². The van der Waals surface area contributed by atoms with E-state index in [0.717, 1.165) is 5.56 Å². The summed E-state index contributed by atoms with van der Waals surface area (Å²) in [5.74, 6) is -1.38. The molecular formula is C25H27N3O6. The Hall–Kier alpha value is -3.72. The number of ether oxygens (including phenoxy) is 2. The van der Waals surface area contributed by atoms with E-state index in [2.05, 4.69) is 5.32 Å². The van der Waals surface area contributed by atoms with Crippen molar-refractivity contribution in [2.24, 2.45) is 0 Å². The molecule has 0 aliphatic carbocycles. The average Bonchev–Trinajstić information content (AvgIpc) is 2.88. The Morgan fingerprint density at radius 3 is 2.53 bits per heavy atom. The first-order chi connectivity index (χ1) is 16.4. The van der Waals surface area contributed by atoms with Gasteiger partial charge in [-0.1, -0.05) is 36.4 Å². The van der Waals surface area contributed by atoms with Crippen LogP contribution in [0.25, 0.3) is 0 Å². The van der Waals surface area contributed by atoms with Gasteiger partial charge in [0.15, 0.2) is 0 Å². The molecular weight excluding hydrogens is 438 g/mol. The van der Waals surface area contributed by atoms with Crippen LogP contribution in [0.2, 0.25) is 0 Å². The van der Waals surface area contributed by atoms with Crippen LogP contribution < -0.4 is 5.32 Å². The highest BCUT2D eigenvalue weighted by molar-refractivity contribution is 6.00. The lowest BCUT2D eigenvalue weighted by molar-refractivity contribution is -0.156. The fraction of sp³-hybridized carbons (Fsp3) is 0.360. The second-order valence-electron chi connectivity index (χ2n) is 8.36. The number of hydrogen-bond donors (Lipinski definition) is 1. The molecule has 0 bridgehead atoms. The smallest absolute Gasteiger partial charge is 0.337 e. The van der Waals surface area contributed by atoms with E-state index in [0.29, 0.717) is 12.2 Å². The third-order valence-corrected chi connectivity index (χ3v) is 6.17. The number of fused-ring (bicyclic) bond motifs is 1. The summed E-state index contributed by atoms with van der Waals surface area (Å²) in [6.07, 6.45) is -0.515. The number of nitrogens with one attached hydrogen (secondary N) is 1. The van der Waals surface area contributed by atoms with E-state index in [1.165, 1.54) is 23.0 Å². The molecule has 2 aliphatic heterocycles. The summed E-state index contributed by atoms with van der Waals surface area (Å²) in [5, 5.41) is 2.78. The molecule has 0 radical (unpaired) electrons. The number of carbonyl (C=O) groups is 4. The predicted octanol–water partition coefficient (Wildman–Crippen LogP) is 1.23. The largest absolute Gasteiger partial charge is 0.465 e. The first kappa shape index (κ1) is 23.4. The molecule has 9 nitrogen and oxygen atoms in total. The van der Waals surface area contributed by atoms with Crippen LogP contribution in [-0.2, 0) is 25.7 Å². The molecule has 3 unspecified atom stereocenters. The van der Waals surface area contributed by atoms with Crippen molar-refractivity contribution in [2.75, 3.05) is 26.7 Å². The third kappa shape index (κ3) is 4.79. The zero-order valence-electron chi connectivity index (χ0n) is 19.1. The van der Waals surface area contributed by atoms with E-state index in [4.69, 9.17) is 9.47 Å². The van der Waals surface area contributed by atoms with Crippen molar-refractivity contribution in [3.8, 4) is 0 Å². The van der Waals surface area contributed by atoms with Crippen LogP contribution in [-0.4, -0.2) is 78.4 Å². The molecule has 2 saturated heterocycles. The number of methoxy groups -OCH3 is 1. The molecule has 3 atom stereocenters. The van der Waals surface area contributed by atoms with Crippen LogP contribution >= 0.6 is 0 Å². The molecule has 178 valence electrons. The van der Waals surface area contributed by atoms with Gasteiger partial charge in [-0.05, 0) is 30.7 Å². The lowest BCUT2D eigenvalue weighted by Crippen LogP contribution is -2.71. The fourth-order valence-electron chi connectivity index (χ4n) is 4.24. The first-order valence-corrected chi connectivity index (χ1v) is 11.1. The first-order valence-electron chi connectivity index (χ1n) is 11.1. The van der Waals surface area contributed by atoms with Gasteiger partial charge in [-0.25, -0.2) is 4.79 Å². The van der Waals surface area contributed by atoms with Crippen molar-refractivity contribution < 1.29 is 28.7 Å². The Kier molecular flexibility index (Phi) is 6.93. The van der Waals surface area contributed by atoms with E-state index in [1.54, 1.807) is 25.1 Å². The number of carbonyl (C=O) groups excluding carboxylic acids is 4. The number of nitrogens with zero attached hydrogens (tertiary/aromatic N) is 2. The summed E-state index contributed by atoms with van der Waals surface area (Å²) in [4.78, 5) is 53.9. The standard InChI is InChI=1S/C25H27N3O6/c1-16(34-15-17-7-4-3-5-8-17)21-24(31)28-12-11-27(14-20(28)22(29)26-21)23(30)18-9-6-10-19(13-18)25(32)33-2/h3-10,13,16,20-21H,11-12,14-15H2,1-2H3,(H,26,29). The maximum atomic E-state index is 13.1. The SMILES string of the molecule is COC(=O)c1cccc(C(=O)N2CCN3C(=O)C(C(C)OCc4ccccc4)NC(=O)C3C2)c1. The molecule has 9 heteroatoms.